The molecule has 0 bridgehead atoms. The van der Waals surface area contributed by atoms with E-state index in [9.17, 15) is 4.79 Å². The summed E-state index contributed by atoms with van der Waals surface area (Å²) in [7, 11) is 3.16. The quantitative estimate of drug-likeness (QED) is 0.890. The monoisotopic (exact) mass is 328 g/mol. The summed E-state index contributed by atoms with van der Waals surface area (Å²) in [4.78, 5) is 12.5. The van der Waals surface area contributed by atoms with E-state index in [4.69, 9.17) is 9.47 Å². The second-order valence-electron chi connectivity index (χ2n) is 5.49. The van der Waals surface area contributed by atoms with Gasteiger partial charge in [-0.25, -0.2) is 0 Å². The maximum atomic E-state index is 12.5. The van der Waals surface area contributed by atoms with E-state index in [1.807, 2.05) is 13.0 Å². The van der Waals surface area contributed by atoms with Crippen molar-refractivity contribution in [1.82, 2.24) is 10.6 Å². The highest BCUT2D eigenvalue weighted by atomic mass is 35.5. The van der Waals surface area contributed by atoms with Crippen LogP contribution in [0.4, 0.5) is 0 Å². The smallest absolute Gasteiger partial charge is 0.251 e. The summed E-state index contributed by atoms with van der Waals surface area (Å²) in [6.07, 6.45) is 2.09. The van der Waals surface area contributed by atoms with Gasteiger partial charge in [0.2, 0.25) is 0 Å². The van der Waals surface area contributed by atoms with Crippen molar-refractivity contribution >= 4 is 18.3 Å². The Morgan fingerprint density at radius 1 is 1.27 bits per heavy atom. The molecule has 6 heteroatoms. The molecule has 22 heavy (non-hydrogen) atoms. The van der Waals surface area contributed by atoms with Crippen LogP contribution in [0.2, 0.25) is 0 Å². The molecule has 5 nitrogen and oxygen atoms in total. The molecule has 1 aliphatic heterocycles. The minimum atomic E-state index is -0.0611. The number of ether oxygens (including phenoxy) is 2. The lowest BCUT2D eigenvalue weighted by Crippen LogP contribution is -2.52. The third-order valence-electron chi connectivity index (χ3n) is 4.05. The Bertz CT molecular complexity index is 522. The van der Waals surface area contributed by atoms with Crippen molar-refractivity contribution in [3.8, 4) is 11.5 Å². The van der Waals surface area contributed by atoms with Crippen LogP contribution in [0.5, 0.6) is 11.5 Å². The van der Waals surface area contributed by atoms with E-state index in [-0.39, 0.29) is 24.4 Å². The summed E-state index contributed by atoms with van der Waals surface area (Å²) < 4.78 is 10.5. The number of aryl methyl sites for hydroxylation is 1. The molecule has 124 valence electrons. The van der Waals surface area contributed by atoms with Crippen molar-refractivity contribution in [2.75, 3.05) is 20.8 Å². The summed E-state index contributed by atoms with van der Waals surface area (Å²) in [5.41, 5.74) is 1.51. The molecule has 2 atom stereocenters. The van der Waals surface area contributed by atoms with Crippen molar-refractivity contribution in [2.45, 2.75) is 38.8 Å². The van der Waals surface area contributed by atoms with Crippen LogP contribution in [0.15, 0.2) is 12.1 Å². The predicted octanol–water partition coefficient (Wildman–Crippen LogP) is 2.30. The highest BCUT2D eigenvalue weighted by Crippen LogP contribution is 2.30. The van der Waals surface area contributed by atoms with Gasteiger partial charge in [0, 0.05) is 17.6 Å². The maximum Gasteiger partial charge on any atom is 0.251 e. The molecule has 1 aliphatic rings. The van der Waals surface area contributed by atoms with Crippen LogP contribution in [-0.4, -0.2) is 38.8 Å². The number of halogens is 1. The lowest BCUT2D eigenvalue weighted by Gasteiger charge is -2.30. The van der Waals surface area contributed by atoms with Gasteiger partial charge >= 0.3 is 0 Å². The van der Waals surface area contributed by atoms with Gasteiger partial charge in [0.1, 0.15) is 0 Å². The highest BCUT2D eigenvalue weighted by molar-refractivity contribution is 5.96. The van der Waals surface area contributed by atoms with Gasteiger partial charge in [-0.3, -0.25) is 4.79 Å². The molecule has 2 unspecified atom stereocenters. The molecule has 1 amide bonds. The third-order valence-corrected chi connectivity index (χ3v) is 4.05. The Labute approximate surface area is 138 Å². The second kappa shape index (κ2) is 8.25. The Balaban J connectivity index is 0.00000242. The molecule has 1 fully saturated rings. The highest BCUT2D eigenvalue weighted by Gasteiger charge is 2.24. The topological polar surface area (TPSA) is 59.6 Å². The number of piperidine rings is 1. The fourth-order valence-corrected chi connectivity index (χ4v) is 2.71. The molecule has 0 aromatic heterocycles. The normalized spacial score (nSPS) is 20.7. The molecule has 0 spiro atoms. The molecule has 0 aliphatic carbocycles. The van der Waals surface area contributed by atoms with Crippen LogP contribution in [0.1, 0.15) is 35.7 Å². The van der Waals surface area contributed by atoms with Gasteiger partial charge in [-0.2, -0.15) is 0 Å². The average molecular weight is 329 g/mol. The minimum Gasteiger partial charge on any atom is -0.493 e. The molecule has 0 saturated carbocycles. The van der Waals surface area contributed by atoms with Crippen molar-refractivity contribution in [2.24, 2.45) is 0 Å². The fraction of sp³-hybridized carbons (Fsp3) is 0.562. The van der Waals surface area contributed by atoms with Crippen molar-refractivity contribution in [3.63, 3.8) is 0 Å². The molecule has 1 saturated heterocycles. The van der Waals surface area contributed by atoms with E-state index in [0.717, 1.165) is 24.9 Å². The molecular weight excluding hydrogens is 304 g/mol. The van der Waals surface area contributed by atoms with Crippen LogP contribution in [0.25, 0.3) is 0 Å². The number of carbonyl (C=O) groups is 1. The zero-order valence-electron chi connectivity index (χ0n) is 13.6. The number of amides is 1. The summed E-state index contributed by atoms with van der Waals surface area (Å²) in [6, 6.07) is 4.03. The molecule has 2 N–H and O–H groups in total. The zero-order chi connectivity index (χ0) is 15.4. The Morgan fingerprint density at radius 3 is 2.50 bits per heavy atom. The largest absolute Gasteiger partial charge is 0.493 e. The lowest BCUT2D eigenvalue weighted by molar-refractivity contribution is 0.0919. The summed E-state index contributed by atoms with van der Waals surface area (Å²) in [5, 5.41) is 6.50. The van der Waals surface area contributed by atoms with Gasteiger partial charge in [-0.05, 0) is 50.9 Å². The van der Waals surface area contributed by atoms with Gasteiger partial charge in [0.25, 0.3) is 5.91 Å². The number of hydrogen-bond acceptors (Lipinski definition) is 4. The zero-order valence-corrected chi connectivity index (χ0v) is 14.4. The first-order chi connectivity index (χ1) is 10.1. The number of benzene rings is 1. The summed E-state index contributed by atoms with van der Waals surface area (Å²) in [5.74, 6) is 1.15. The van der Waals surface area contributed by atoms with E-state index in [1.54, 1.807) is 20.3 Å². The first-order valence-corrected chi connectivity index (χ1v) is 7.33. The fourth-order valence-electron chi connectivity index (χ4n) is 2.71. The molecule has 2 rings (SSSR count). The predicted molar refractivity (Wildman–Crippen MR) is 89.5 cm³/mol. The number of carbonyl (C=O) groups excluding carboxylic acids is 1. The molecule has 1 aromatic rings. The molecule has 0 radical (unpaired) electrons. The van der Waals surface area contributed by atoms with Crippen LogP contribution in [-0.2, 0) is 0 Å². The summed E-state index contributed by atoms with van der Waals surface area (Å²) >= 11 is 0. The van der Waals surface area contributed by atoms with Crippen LogP contribution in [0, 0.1) is 6.92 Å². The van der Waals surface area contributed by atoms with E-state index in [1.165, 1.54) is 0 Å². The first-order valence-electron chi connectivity index (χ1n) is 7.33. The summed E-state index contributed by atoms with van der Waals surface area (Å²) in [6.45, 7) is 5.02. The third kappa shape index (κ3) is 4.05. The number of methoxy groups -OCH3 is 2. The Hall–Kier alpha value is -1.46. The van der Waals surface area contributed by atoms with E-state index < -0.39 is 0 Å². The molecule has 1 aromatic carbocycles. The minimum absolute atomic E-state index is 0. The molecule has 1 heterocycles. The van der Waals surface area contributed by atoms with Crippen LogP contribution < -0.4 is 20.1 Å². The van der Waals surface area contributed by atoms with Gasteiger partial charge in [-0.15, -0.1) is 12.4 Å². The number of nitrogens with one attached hydrogen (secondary N) is 2. The van der Waals surface area contributed by atoms with Crippen LogP contribution >= 0.6 is 12.4 Å². The van der Waals surface area contributed by atoms with Gasteiger partial charge in [0.15, 0.2) is 11.5 Å². The Kier molecular flexibility index (Phi) is 6.97. The standard InChI is InChI=1S/C16H24N2O3.ClH/c1-10-8-14(20-3)15(21-4)9-12(10)16(19)18-13-6-5-7-17-11(13)2;/h8-9,11,13,17H,5-7H2,1-4H3,(H,18,19);1H. The molecular formula is C16H25ClN2O3. The Morgan fingerprint density at radius 2 is 1.91 bits per heavy atom. The second-order valence-corrected chi connectivity index (χ2v) is 5.49. The van der Waals surface area contributed by atoms with Crippen molar-refractivity contribution < 1.29 is 14.3 Å². The van der Waals surface area contributed by atoms with E-state index in [0.29, 0.717) is 23.1 Å². The first kappa shape index (κ1) is 18.6. The maximum absolute atomic E-state index is 12.5. The van der Waals surface area contributed by atoms with Crippen molar-refractivity contribution in [3.05, 3.63) is 23.3 Å². The number of hydrogen-bond donors (Lipinski definition) is 2. The number of rotatable bonds is 4. The van der Waals surface area contributed by atoms with Gasteiger partial charge < -0.3 is 20.1 Å². The van der Waals surface area contributed by atoms with Crippen LogP contribution in [0.3, 0.4) is 0 Å². The average Bonchev–Trinajstić information content (AvgIpc) is 2.49. The van der Waals surface area contributed by atoms with Gasteiger partial charge in [0.05, 0.1) is 14.2 Å². The van der Waals surface area contributed by atoms with Gasteiger partial charge in [-0.1, -0.05) is 0 Å². The SMILES string of the molecule is COc1cc(C)c(C(=O)NC2CCCNC2C)cc1OC.Cl. The lowest BCUT2D eigenvalue weighted by atomic mass is 9.98. The van der Waals surface area contributed by atoms with E-state index in [2.05, 4.69) is 17.6 Å². The van der Waals surface area contributed by atoms with E-state index >= 15 is 0 Å². The van der Waals surface area contributed by atoms with Crippen molar-refractivity contribution in [1.29, 1.82) is 0 Å².